The number of hydrogen-bond acceptors (Lipinski definition) is 3. The fourth-order valence-corrected chi connectivity index (χ4v) is 2.92. The van der Waals surface area contributed by atoms with E-state index in [0.717, 1.165) is 12.1 Å². The molecule has 22 heavy (non-hydrogen) atoms. The highest BCUT2D eigenvalue weighted by Crippen LogP contribution is 2.22. The van der Waals surface area contributed by atoms with Crippen LogP contribution < -0.4 is 5.32 Å². The van der Waals surface area contributed by atoms with Crippen LogP contribution in [0.2, 0.25) is 0 Å². The van der Waals surface area contributed by atoms with Gasteiger partial charge >= 0.3 is 0 Å². The van der Waals surface area contributed by atoms with Crippen LogP contribution in [0, 0.1) is 0 Å². The molecule has 1 aromatic heterocycles. The molecule has 2 rings (SSSR count). The molecular weight excluding hydrogens is 270 g/mol. The molecule has 1 unspecified atom stereocenters. The van der Waals surface area contributed by atoms with Crippen molar-refractivity contribution in [3.63, 3.8) is 0 Å². The molecule has 0 radical (unpaired) electrons. The number of nitrogens with one attached hydrogen (secondary N) is 1. The Morgan fingerprint density at radius 3 is 2.73 bits per heavy atom. The number of rotatable bonds is 9. The van der Waals surface area contributed by atoms with Crippen LogP contribution in [0.5, 0.6) is 0 Å². The third kappa shape index (κ3) is 4.70. The summed E-state index contributed by atoms with van der Waals surface area (Å²) in [6.45, 7) is 10.3. The maximum absolute atomic E-state index is 4.42. The third-order valence-corrected chi connectivity index (χ3v) is 4.15. The van der Waals surface area contributed by atoms with Gasteiger partial charge in [0.2, 0.25) is 0 Å². The van der Waals surface area contributed by atoms with Crippen molar-refractivity contribution in [3.8, 4) is 0 Å². The second kappa shape index (κ2) is 8.74. The molecule has 1 N–H and O–H groups in total. The summed E-state index contributed by atoms with van der Waals surface area (Å²) in [5, 5.41) is 4.86. The monoisotopic (exact) mass is 299 g/mol. The zero-order chi connectivity index (χ0) is 15.8. The van der Waals surface area contributed by atoms with Crippen molar-refractivity contribution < 1.29 is 0 Å². The zero-order valence-electron chi connectivity index (χ0n) is 14.2. The molecule has 0 saturated carbocycles. The molecule has 0 aliphatic carbocycles. The highest BCUT2D eigenvalue weighted by molar-refractivity contribution is 5.90. The minimum Gasteiger partial charge on any atom is -0.382 e. The lowest BCUT2D eigenvalue weighted by Gasteiger charge is -2.21. The van der Waals surface area contributed by atoms with Crippen molar-refractivity contribution in [2.24, 2.45) is 0 Å². The molecular formula is C19H29N3. The molecule has 0 aliphatic heterocycles. The van der Waals surface area contributed by atoms with E-state index in [-0.39, 0.29) is 0 Å². The number of aromatic nitrogens is 1. The van der Waals surface area contributed by atoms with Gasteiger partial charge < -0.3 is 10.2 Å². The predicted octanol–water partition coefficient (Wildman–Crippen LogP) is 4.55. The fraction of sp³-hybridized carbons (Fsp3) is 0.526. The Hall–Kier alpha value is -1.61. The number of hydrogen-bond donors (Lipinski definition) is 1. The van der Waals surface area contributed by atoms with E-state index in [1.807, 2.05) is 12.3 Å². The van der Waals surface area contributed by atoms with Gasteiger partial charge in [-0.3, -0.25) is 4.98 Å². The first-order valence-corrected chi connectivity index (χ1v) is 8.57. The maximum atomic E-state index is 4.42. The third-order valence-electron chi connectivity index (χ3n) is 4.15. The second-order valence-corrected chi connectivity index (χ2v) is 6.00. The summed E-state index contributed by atoms with van der Waals surface area (Å²) < 4.78 is 0. The largest absolute Gasteiger partial charge is 0.382 e. The average Bonchev–Trinajstić information content (AvgIpc) is 2.54. The summed E-state index contributed by atoms with van der Waals surface area (Å²) in [6, 6.07) is 10.9. The van der Waals surface area contributed by atoms with E-state index in [9.17, 15) is 0 Å². The molecule has 3 nitrogen and oxygen atoms in total. The van der Waals surface area contributed by atoms with Crippen LogP contribution in [0.4, 0.5) is 5.69 Å². The minimum atomic E-state index is 0.478. The Kier molecular flexibility index (Phi) is 6.66. The lowest BCUT2D eigenvalue weighted by Crippen LogP contribution is -2.26. The Morgan fingerprint density at radius 2 is 1.95 bits per heavy atom. The average molecular weight is 299 g/mol. The van der Waals surface area contributed by atoms with Crippen LogP contribution in [0.25, 0.3) is 10.9 Å². The number of anilines is 1. The standard InChI is InChI=1S/C19H29N3/c1-4-14-22(5-2)15-8-9-16(3)21-19-12-13-20-18-11-7-6-10-17(18)19/h6-7,10-13,16H,4-5,8-9,14-15H2,1-3H3,(H,20,21). The SMILES string of the molecule is CCCN(CC)CCCC(C)Nc1ccnc2ccccc12. The van der Waals surface area contributed by atoms with Gasteiger partial charge in [-0.2, -0.15) is 0 Å². The minimum absolute atomic E-state index is 0.478. The molecule has 0 amide bonds. The molecule has 3 heteroatoms. The van der Waals surface area contributed by atoms with Crippen LogP contribution >= 0.6 is 0 Å². The number of benzene rings is 1. The van der Waals surface area contributed by atoms with Gasteiger partial charge in [-0.25, -0.2) is 0 Å². The summed E-state index contributed by atoms with van der Waals surface area (Å²) in [5.74, 6) is 0. The van der Waals surface area contributed by atoms with Crippen molar-refractivity contribution in [2.45, 2.75) is 46.1 Å². The Labute approximate surface area is 134 Å². The second-order valence-electron chi connectivity index (χ2n) is 6.00. The predicted molar refractivity (Wildman–Crippen MR) is 96.5 cm³/mol. The quantitative estimate of drug-likeness (QED) is 0.736. The first-order chi connectivity index (χ1) is 10.7. The summed E-state index contributed by atoms with van der Waals surface area (Å²) in [4.78, 5) is 6.96. The first-order valence-electron chi connectivity index (χ1n) is 8.57. The van der Waals surface area contributed by atoms with Crippen LogP contribution in [0.15, 0.2) is 36.5 Å². The van der Waals surface area contributed by atoms with E-state index in [2.05, 4.69) is 60.2 Å². The van der Waals surface area contributed by atoms with Crippen molar-refractivity contribution in [2.75, 3.05) is 25.0 Å². The fourth-order valence-electron chi connectivity index (χ4n) is 2.92. The summed E-state index contributed by atoms with van der Waals surface area (Å²) in [5.41, 5.74) is 2.25. The lowest BCUT2D eigenvalue weighted by molar-refractivity contribution is 0.281. The first kappa shape index (κ1) is 16.8. The molecule has 0 bridgehead atoms. The van der Waals surface area contributed by atoms with Gasteiger partial charge in [-0.05, 0) is 58.0 Å². The molecule has 1 heterocycles. The molecule has 0 aliphatic rings. The van der Waals surface area contributed by atoms with Crippen molar-refractivity contribution in [1.82, 2.24) is 9.88 Å². The van der Waals surface area contributed by atoms with Gasteiger partial charge in [0.25, 0.3) is 0 Å². The van der Waals surface area contributed by atoms with Crippen LogP contribution in [-0.2, 0) is 0 Å². The van der Waals surface area contributed by atoms with Gasteiger partial charge in [-0.15, -0.1) is 0 Å². The summed E-state index contributed by atoms with van der Waals surface area (Å²) in [7, 11) is 0. The molecule has 0 saturated heterocycles. The topological polar surface area (TPSA) is 28.2 Å². The van der Waals surface area contributed by atoms with Crippen LogP contribution in [-0.4, -0.2) is 35.6 Å². The van der Waals surface area contributed by atoms with E-state index in [0.29, 0.717) is 6.04 Å². The van der Waals surface area contributed by atoms with Gasteiger partial charge in [0.1, 0.15) is 0 Å². The number of pyridine rings is 1. The van der Waals surface area contributed by atoms with Crippen LogP contribution in [0.3, 0.4) is 0 Å². The van der Waals surface area contributed by atoms with Gasteiger partial charge in [0.15, 0.2) is 0 Å². The molecule has 1 aromatic carbocycles. The van der Waals surface area contributed by atoms with Gasteiger partial charge in [0.05, 0.1) is 5.52 Å². The van der Waals surface area contributed by atoms with E-state index in [1.54, 1.807) is 0 Å². The van der Waals surface area contributed by atoms with Gasteiger partial charge in [0, 0.05) is 23.3 Å². The van der Waals surface area contributed by atoms with Crippen molar-refractivity contribution in [1.29, 1.82) is 0 Å². The maximum Gasteiger partial charge on any atom is 0.0722 e. The van der Waals surface area contributed by atoms with E-state index >= 15 is 0 Å². The highest BCUT2D eigenvalue weighted by Gasteiger charge is 2.07. The molecule has 2 aromatic rings. The normalized spacial score (nSPS) is 12.7. The summed E-state index contributed by atoms with van der Waals surface area (Å²) >= 11 is 0. The molecule has 120 valence electrons. The smallest absolute Gasteiger partial charge is 0.0722 e. The van der Waals surface area contributed by atoms with Crippen molar-refractivity contribution >= 4 is 16.6 Å². The van der Waals surface area contributed by atoms with E-state index in [4.69, 9.17) is 0 Å². The Bertz CT molecular complexity index is 562. The number of fused-ring (bicyclic) bond motifs is 1. The molecule has 0 fully saturated rings. The summed E-state index contributed by atoms with van der Waals surface area (Å²) in [6.07, 6.45) is 5.56. The number of nitrogens with zero attached hydrogens (tertiary/aromatic N) is 2. The van der Waals surface area contributed by atoms with Crippen molar-refractivity contribution in [3.05, 3.63) is 36.5 Å². The Morgan fingerprint density at radius 1 is 1.14 bits per heavy atom. The highest BCUT2D eigenvalue weighted by atomic mass is 15.1. The molecule has 0 spiro atoms. The Balaban J connectivity index is 1.87. The zero-order valence-corrected chi connectivity index (χ0v) is 14.2. The van der Waals surface area contributed by atoms with E-state index < -0.39 is 0 Å². The number of para-hydroxylation sites is 1. The van der Waals surface area contributed by atoms with Gasteiger partial charge in [-0.1, -0.05) is 32.0 Å². The lowest BCUT2D eigenvalue weighted by atomic mass is 10.1. The molecule has 1 atom stereocenters. The van der Waals surface area contributed by atoms with E-state index in [1.165, 1.54) is 43.4 Å². The van der Waals surface area contributed by atoms with Crippen LogP contribution in [0.1, 0.15) is 40.0 Å².